The van der Waals surface area contributed by atoms with Gasteiger partial charge in [0.05, 0.1) is 24.4 Å². The van der Waals surface area contributed by atoms with Crippen LogP contribution in [0.4, 0.5) is 0 Å². The molecule has 5 heteroatoms. The molecule has 130 valence electrons. The van der Waals surface area contributed by atoms with Gasteiger partial charge < -0.3 is 4.74 Å². The number of rotatable bonds is 6. The van der Waals surface area contributed by atoms with Crippen LogP contribution in [0.2, 0.25) is 0 Å². The van der Waals surface area contributed by atoms with E-state index in [9.17, 15) is 4.79 Å². The summed E-state index contributed by atoms with van der Waals surface area (Å²) in [6.45, 7) is 6.51. The third-order valence-corrected chi connectivity index (χ3v) is 4.22. The van der Waals surface area contributed by atoms with Gasteiger partial charge in [-0.05, 0) is 25.3 Å². The number of aromatic nitrogens is 3. The maximum atomic E-state index is 12.2. The molecule has 2 aromatic heterocycles. The second kappa shape index (κ2) is 7.47. The van der Waals surface area contributed by atoms with Crippen LogP contribution in [-0.2, 0) is 22.4 Å². The Bertz CT molecular complexity index is 885. The Labute approximate surface area is 147 Å². The molecule has 1 aromatic carbocycles. The molecule has 3 rings (SSSR count). The Morgan fingerprint density at radius 1 is 1.16 bits per heavy atom. The summed E-state index contributed by atoms with van der Waals surface area (Å²) in [7, 11) is 0. The number of carbonyl (C=O) groups excluding carboxylic acids is 1. The summed E-state index contributed by atoms with van der Waals surface area (Å²) in [6.07, 6.45) is 3.91. The van der Waals surface area contributed by atoms with Crippen LogP contribution in [0, 0.1) is 6.92 Å². The van der Waals surface area contributed by atoms with Gasteiger partial charge in [0, 0.05) is 17.5 Å². The summed E-state index contributed by atoms with van der Waals surface area (Å²) in [5.74, 6) is 0.381. The SMILES string of the molecule is CCCOC(=O)Cc1c(-c2ccccc2)nc2nc(C)c(CC)cn12. The van der Waals surface area contributed by atoms with E-state index in [0.29, 0.717) is 12.4 Å². The number of benzene rings is 1. The predicted molar refractivity (Wildman–Crippen MR) is 97.5 cm³/mol. The van der Waals surface area contributed by atoms with Crippen molar-refractivity contribution in [3.8, 4) is 11.3 Å². The first-order valence-electron chi connectivity index (χ1n) is 8.72. The number of hydrogen-bond donors (Lipinski definition) is 0. The molecule has 0 aliphatic carbocycles. The Morgan fingerprint density at radius 3 is 2.60 bits per heavy atom. The minimum absolute atomic E-state index is 0.180. The Hall–Kier alpha value is -2.69. The summed E-state index contributed by atoms with van der Waals surface area (Å²) >= 11 is 0. The van der Waals surface area contributed by atoms with Gasteiger partial charge in [-0.25, -0.2) is 9.97 Å². The number of fused-ring (bicyclic) bond motifs is 1. The van der Waals surface area contributed by atoms with Crippen molar-refractivity contribution >= 4 is 11.7 Å². The lowest BCUT2D eigenvalue weighted by molar-refractivity contribution is -0.142. The fraction of sp³-hybridized carbons (Fsp3) is 0.350. The molecule has 0 aliphatic rings. The van der Waals surface area contributed by atoms with Crippen molar-refractivity contribution in [2.75, 3.05) is 6.61 Å². The molecule has 0 amide bonds. The van der Waals surface area contributed by atoms with E-state index in [1.807, 2.05) is 54.8 Å². The normalized spacial score (nSPS) is 11.0. The Balaban J connectivity index is 2.13. The van der Waals surface area contributed by atoms with E-state index in [1.54, 1.807) is 0 Å². The lowest BCUT2D eigenvalue weighted by Gasteiger charge is -2.08. The summed E-state index contributed by atoms with van der Waals surface area (Å²) in [6, 6.07) is 9.89. The number of esters is 1. The molecule has 0 spiro atoms. The number of nitrogens with zero attached hydrogens (tertiary/aromatic N) is 3. The molecular weight excluding hydrogens is 314 g/mol. The Morgan fingerprint density at radius 2 is 1.92 bits per heavy atom. The smallest absolute Gasteiger partial charge is 0.311 e. The maximum absolute atomic E-state index is 12.2. The first-order chi connectivity index (χ1) is 12.1. The highest BCUT2D eigenvalue weighted by molar-refractivity contribution is 5.77. The van der Waals surface area contributed by atoms with Crippen LogP contribution in [-0.4, -0.2) is 26.9 Å². The minimum atomic E-state index is -0.237. The van der Waals surface area contributed by atoms with Crippen molar-refractivity contribution in [2.45, 2.75) is 40.0 Å². The van der Waals surface area contributed by atoms with Gasteiger partial charge >= 0.3 is 5.97 Å². The summed E-state index contributed by atoms with van der Waals surface area (Å²) in [4.78, 5) is 21.6. The number of hydrogen-bond acceptors (Lipinski definition) is 4. The molecule has 25 heavy (non-hydrogen) atoms. The van der Waals surface area contributed by atoms with E-state index in [-0.39, 0.29) is 12.4 Å². The van der Waals surface area contributed by atoms with E-state index >= 15 is 0 Å². The number of aryl methyl sites for hydroxylation is 2. The van der Waals surface area contributed by atoms with Crippen molar-refractivity contribution in [1.29, 1.82) is 0 Å². The Kier molecular flexibility index (Phi) is 5.12. The third kappa shape index (κ3) is 3.55. The first-order valence-corrected chi connectivity index (χ1v) is 8.72. The average Bonchev–Trinajstić information content (AvgIpc) is 2.97. The lowest BCUT2D eigenvalue weighted by atomic mass is 10.1. The number of ether oxygens (including phenoxy) is 1. The summed E-state index contributed by atoms with van der Waals surface area (Å²) in [5, 5.41) is 0. The molecule has 0 atom stereocenters. The van der Waals surface area contributed by atoms with Crippen molar-refractivity contribution in [3.05, 3.63) is 53.5 Å². The van der Waals surface area contributed by atoms with Crippen LogP contribution >= 0.6 is 0 Å². The number of imidazole rings is 1. The summed E-state index contributed by atoms with van der Waals surface area (Å²) < 4.78 is 7.22. The molecule has 0 N–H and O–H groups in total. The zero-order valence-corrected chi connectivity index (χ0v) is 15.0. The molecule has 0 aliphatic heterocycles. The van der Waals surface area contributed by atoms with Gasteiger partial charge in [-0.15, -0.1) is 0 Å². The largest absolute Gasteiger partial charge is 0.465 e. The van der Waals surface area contributed by atoms with Crippen molar-refractivity contribution in [2.24, 2.45) is 0 Å². The van der Waals surface area contributed by atoms with Gasteiger partial charge in [-0.1, -0.05) is 44.2 Å². The fourth-order valence-electron chi connectivity index (χ4n) is 2.89. The van der Waals surface area contributed by atoms with Crippen LogP contribution in [0.3, 0.4) is 0 Å². The molecule has 3 aromatic rings. The van der Waals surface area contributed by atoms with Crippen LogP contribution < -0.4 is 0 Å². The zero-order valence-electron chi connectivity index (χ0n) is 15.0. The molecule has 0 fully saturated rings. The predicted octanol–water partition coefficient (Wildman–Crippen LogP) is 3.76. The summed E-state index contributed by atoms with van der Waals surface area (Å²) in [5.41, 5.74) is 4.70. The van der Waals surface area contributed by atoms with Gasteiger partial charge in [0.15, 0.2) is 0 Å². The van der Waals surface area contributed by atoms with Crippen molar-refractivity contribution in [3.63, 3.8) is 0 Å². The van der Waals surface area contributed by atoms with Crippen molar-refractivity contribution in [1.82, 2.24) is 14.4 Å². The molecule has 5 nitrogen and oxygen atoms in total. The quantitative estimate of drug-likeness (QED) is 0.643. The molecule has 0 saturated heterocycles. The van der Waals surface area contributed by atoms with Crippen LogP contribution in [0.25, 0.3) is 17.0 Å². The highest BCUT2D eigenvalue weighted by Crippen LogP contribution is 2.25. The van der Waals surface area contributed by atoms with Gasteiger partial charge in [-0.2, -0.15) is 0 Å². The van der Waals surface area contributed by atoms with Gasteiger partial charge in [0.2, 0.25) is 5.78 Å². The van der Waals surface area contributed by atoms with E-state index in [4.69, 9.17) is 9.72 Å². The van der Waals surface area contributed by atoms with E-state index in [0.717, 1.165) is 41.1 Å². The molecular formula is C20H23N3O2. The third-order valence-electron chi connectivity index (χ3n) is 4.22. The zero-order chi connectivity index (χ0) is 17.8. The lowest BCUT2D eigenvalue weighted by Crippen LogP contribution is -2.11. The topological polar surface area (TPSA) is 56.5 Å². The first kappa shape index (κ1) is 17.1. The van der Waals surface area contributed by atoms with Crippen molar-refractivity contribution < 1.29 is 9.53 Å². The molecule has 0 radical (unpaired) electrons. The van der Waals surface area contributed by atoms with E-state index < -0.39 is 0 Å². The van der Waals surface area contributed by atoms with E-state index in [1.165, 1.54) is 0 Å². The van der Waals surface area contributed by atoms with E-state index in [2.05, 4.69) is 11.9 Å². The second-order valence-electron chi connectivity index (χ2n) is 6.05. The average molecular weight is 337 g/mol. The molecule has 0 saturated carbocycles. The standard InChI is InChI=1S/C20H23N3O2/c1-4-11-25-18(24)12-17-19(16-9-7-6-8-10-16)22-20-21-14(3)15(5-2)13-23(17)20/h6-10,13H,4-5,11-12H2,1-3H3. The van der Waals surface area contributed by atoms with Crippen LogP contribution in [0.1, 0.15) is 37.2 Å². The fourth-order valence-corrected chi connectivity index (χ4v) is 2.89. The molecule has 0 bridgehead atoms. The maximum Gasteiger partial charge on any atom is 0.311 e. The van der Waals surface area contributed by atoms with Gasteiger partial charge in [0.1, 0.15) is 0 Å². The monoisotopic (exact) mass is 337 g/mol. The van der Waals surface area contributed by atoms with Gasteiger partial charge in [-0.3, -0.25) is 9.20 Å². The molecule has 0 unspecified atom stereocenters. The van der Waals surface area contributed by atoms with Gasteiger partial charge in [0.25, 0.3) is 0 Å². The minimum Gasteiger partial charge on any atom is -0.465 e. The molecule has 2 heterocycles. The second-order valence-corrected chi connectivity index (χ2v) is 6.05. The van der Waals surface area contributed by atoms with Crippen LogP contribution in [0.5, 0.6) is 0 Å². The highest BCUT2D eigenvalue weighted by Gasteiger charge is 2.19. The van der Waals surface area contributed by atoms with Crippen LogP contribution in [0.15, 0.2) is 36.5 Å². The highest BCUT2D eigenvalue weighted by atomic mass is 16.5. The number of carbonyl (C=O) groups is 1.